The fourth-order valence-corrected chi connectivity index (χ4v) is 2.07. The van der Waals surface area contributed by atoms with Gasteiger partial charge in [-0.15, -0.1) is 0 Å². The largest absolute Gasteiger partial charge is 0.480 e. The predicted molar refractivity (Wildman–Crippen MR) is 86.7 cm³/mol. The fraction of sp³-hybridized carbons (Fsp3) is 0.235. The summed E-state index contributed by atoms with van der Waals surface area (Å²) in [6, 6.07) is 8.77. The van der Waals surface area contributed by atoms with Crippen molar-refractivity contribution in [1.29, 1.82) is 0 Å². The number of carboxylic acid groups (broad SMARTS) is 1. The second kappa shape index (κ2) is 8.07. The van der Waals surface area contributed by atoms with Crippen molar-refractivity contribution in [3.05, 3.63) is 54.0 Å². The Morgan fingerprint density at radius 2 is 1.88 bits per heavy atom. The molecule has 1 atom stereocenters. The smallest absolute Gasteiger partial charge is 0.321 e. The summed E-state index contributed by atoms with van der Waals surface area (Å²) in [5.41, 5.74) is 1.04. The van der Waals surface area contributed by atoms with Crippen LogP contribution in [0.4, 0.5) is 5.69 Å². The van der Waals surface area contributed by atoms with Crippen LogP contribution in [0.1, 0.15) is 29.5 Å². The maximum absolute atomic E-state index is 12.0. The van der Waals surface area contributed by atoms with Crippen LogP contribution in [0.15, 0.2) is 47.1 Å². The van der Waals surface area contributed by atoms with Crippen LogP contribution in [0.3, 0.4) is 0 Å². The van der Waals surface area contributed by atoms with E-state index in [9.17, 15) is 19.5 Å². The average Bonchev–Trinajstić information content (AvgIpc) is 3.05. The number of amides is 1. The molecule has 0 bridgehead atoms. The van der Waals surface area contributed by atoms with Crippen molar-refractivity contribution in [3.8, 4) is 0 Å². The molecule has 7 heteroatoms. The van der Waals surface area contributed by atoms with Gasteiger partial charge in [-0.05, 0) is 43.3 Å². The Kier molecular flexibility index (Phi) is 5.86. The van der Waals surface area contributed by atoms with E-state index in [4.69, 9.17) is 4.42 Å². The molecule has 24 heavy (non-hydrogen) atoms. The van der Waals surface area contributed by atoms with E-state index in [1.165, 1.54) is 13.2 Å². The molecule has 0 aliphatic carbocycles. The van der Waals surface area contributed by atoms with E-state index in [0.29, 0.717) is 17.0 Å². The van der Waals surface area contributed by atoms with Crippen LogP contribution in [-0.2, 0) is 16.1 Å². The number of carbonyl (C=O) groups excluding carboxylic acids is 2. The molecule has 1 aromatic carbocycles. The van der Waals surface area contributed by atoms with E-state index in [1.807, 2.05) is 0 Å². The number of hydrogen-bond donors (Lipinski definition) is 3. The Morgan fingerprint density at radius 3 is 2.42 bits per heavy atom. The van der Waals surface area contributed by atoms with Crippen molar-refractivity contribution in [2.75, 3.05) is 5.32 Å². The summed E-state index contributed by atoms with van der Waals surface area (Å²) >= 11 is 0. The molecule has 0 saturated carbocycles. The van der Waals surface area contributed by atoms with Gasteiger partial charge in [-0.3, -0.25) is 19.7 Å². The second-order valence-corrected chi connectivity index (χ2v) is 5.24. The molecule has 0 saturated heterocycles. The molecule has 1 aromatic heterocycles. The minimum absolute atomic E-state index is 0.0686. The maximum atomic E-state index is 12.0. The lowest BCUT2D eigenvalue weighted by molar-refractivity contribution is -0.141. The van der Waals surface area contributed by atoms with Crippen LogP contribution in [-0.4, -0.2) is 28.8 Å². The van der Waals surface area contributed by atoms with Crippen LogP contribution in [0, 0.1) is 0 Å². The summed E-state index contributed by atoms with van der Waals surface area (Å²) in [4.78, 5) is 34.5. The molecule has 126 valence electrons. The molecule has 2 rings (SSSR count). The topological polar surface area (TPSA) is 109 Å². The lowest BCUT2D eigenvalue weighted by atomic mass is 10.1. The van der Waals surface area contributed by atoms with E-state index in [0.717, 1.165) is 0 Å². The van der Waals surface area contributed by atoms with E-state index in [2.05, 4.69) is 10.6 Å². The van der Waals surface area contributed by atoms with Gasteiger partial charge in [-0.25, -0.2) is 0 Å². The van der Waals surface area contributed by atoms with E-state index in [1.54, 1.807) is 36.4 Å². The van der Waals surface area contributed by atoms with Gasteiger partial charge in [-0.1, -0.05) is 0 Å². The third kappa shape index (κ3) is 5.06. The van der Waals surface area contributed by atoms with Gasteiger partial charge in [-0.2, -0.15) is 0 Å². The molecular weight excluding hydrogens is 312 g/mol. The predicted octanol–water partition coefficient (Wildman–Crippen LogP) is 2.05. The zero-order valence-electron chi connectivity index (χ0n) is 13.1. The van der Waals surface area contributed by atoms with Gasteiger partial charge in [0.05, 0.1) is 19.2 Å². The molecule has 0 unspecified atom stereocenters. The first-order valence-electron chi connectivity index (χ1n) is 7.35. The highest BCUT2D eigenvalue weighted by Gasteiger charge is 2.21. The first-order valence-corrected chi connectivity index (χ1v) is 7.35. The third-order valence-electron chi connectivity index (χ3n) is 3.37. The number of aliphatic carboxylic acids is 1. The second-order valence-electron chi connectivity index (χ2n) is 5.24. The highest BCUT2D eigenvalue weighted by atomic mass is 16.4. The molecular formula is C17H18N2O5. The van der Waals surface area contributed by atoms with Crippen molar-refractivity contribution >= 4 is 23.3 Å². The number of carbonyl (C=O) groups is 3. The standard InChI is InChI=1S/C17H18N2O5/c1-11(20)12-4-6-13(7-5-12)19-16(21)9-15(17(22)23)18-10-14-3-2-8-24-14/h2-8,15,18H,9-10H2,1H3,(H,19,21)(H,22,23)/t15-/m0/s1. The first kappa shape index (κ1) is 17.4. The number of benzene rings is 1. The summed E-state index contributed by atoms with van der Waals surface area (Å²) in [7, 11) is 0. The minimum Gasteiger partial charge on any atom is -0.480 e. The molecule has 0 fully saturated rings. The summed E-state index contributed by atoms with van der Waals surface area (Å²) in [6.45, 7) is 1.67. The Labute approximate surface area is 138 Å². The number of furan rings is 1. The van der Waals surface area contributed by atoms with Gasteiger partial charge in [0, 0.05) is 11.3 Å². The Balaban J connectivity index is 1.90. The number of anilines is 1. The van der Waals surface area contributed by atoms with Crippen LogP contribution in [0.2, 0.25) is 0 Å². The molecule has 1 amide bonds. The molecule has 0 aliphatic heterocycles. The van der Waals surface area contributed by atoms with Crippen LogP contribution in [0.5, 0.6) is 0 Å². The summed E-state index contributed by atoms with van der Waals surface area (Å²) in [6.07, 6.45) is 1.26. The number of carboxylic acids is 1. The molecule has 3 N–H and O–H groups in total. The third-order valence-corrected chi connectivity index (χ3v) is 3.37. The Hall–Kier alpha value is -2.93. The number of ketones is 1. The van der Waals surface area contributed by atoms with E-state index < -0.39 is 17.9 Å². The van der Waals surface area contributed by atoms with Crippen LogP contribution < -0.4 is 10.6 Å². The van der Waals surface area contributed by atoms with Gasteiger partial charge >= 0.3 is 5.97 Å². The minimum atomic E-state index is -1.12. The fourth-order valence-electron chi connectivity index (χ4n) is 2.07. The van der Waals surface area contributed by atoms with Crippen LogP contribution >= 0.6 is 0 Å². The molecule has 1 heterocycles. The summed E-state index contributed by atoms with van der Waals surface area (Å²) < 4.78 is 5.11. The lowest BCUT2D eigenvalue weighted by Crippen LogP contribution is -2.39. The van der Waals surface area contributed by atoms with Crippen molar-refractivity contribution in [2.24, 2.45) is 0 Å². The molecule has 0 radical (unpaired) electrons. The van der Waals surface area contributed by atoms with Crippen molar-refractivity contribution in [2.45, 2.75) is 25.9 Å². The highest BCUT2D eigenvalue weighted by molar-refractivity contribution is 5.96. The van der Waals surface area contributed by atoms with Crippen molar-refractivity contribution in [1.82, 2.24) is 5.32 Å². The van der Waals surface area contributed by atoms with Gasteiger partial charge in [0.1, 0.15) is 11.8 Å². The highest BCUT2D eigenvalue weighted by Crippen LogP contribution is 2.11. The lowest BCUT2D eigenvalue weighted by Gasteiger charge is -2.13. The Bertz CT molecular complexity index is 707. The molecule has 7 nitrogen and oxygen atoms in total. The molecule has 0 aliphatic rings. The average molecular weight is 330 g/mol. The SMILES string of the molecule is CC(=O)c1ccc(NC(=O)C[C@H](NCc2ccco2)C(=O)O)cc1. The van der Waals surface area contributed by atoms with Crippen LogP contribution in [0.25, 0.3) is 0 Å². The zero-order chi connectivity index (χ0) is 17.5. The number of rotatable bonds is 8. The van der Waals surface area contributed by atoms with Gasteiger partial charge in [0.15, 0.2) is 5.78 Å². The zero-order valence-corrected chi connectivity index (χ0v) is 13.1. The number of hydrogen-bond acceptors (Lipinski definition) is 5. The van der Waals surface area contributed by atoms with Crippen molar-refractivity contribution in [3.63, 3.8) is 0 Å². The number of nitrogens with one attached hydrogen (secondary N) is 2. The molecule has 2 aromatic rings. The summed E-state index contributed by atoms with van der Waals surface area (Å²) in [5.74, 6) is -1.05. The van der Waals surface area contributed by atoms with Gasteiger partial charge in [0.2, 0.25) is 5.91 Å². The van der Waals surface area contributed by atoms with Gasteiger partial charge < -0.3 is 14.8 Å². The van der Waals surface area contributed by atoms with E-state index in [-0.39, 0.29) is 18.7 Å². The first-order chi connectivity index (χ1) is 11.5. The van der Waals surface area contributed by atoms with E-state index >= 15 is 0 Å². The summed E-state index contributed by atoms with van der Waals surface area (Å²) in [5, 5.41) is 14.6. The van der Waals surface area contributed by atoms with Crippen molar-refractivity contribution < 1.29 is 23.9 Å². The monoisotopic (exact) mass is 330 g/mol. The van der Waals surface area contributed by atoms with Gasteiger partial charge in [0.25, 0.3) is 0 Å². The molecule has 0 spiro atoms. The normalized spacial score (nSPS) is 11.7. The maximum Gasteiger partial charge on any atom is 0.321 e. The number of Topliss-reactive ketones (excluding diaryl/α,β-unsaturated/α-hetero) is 1. The Morgan fingerprint density at radius 1 is 1.17 bits per heavy atom. The quantitative estimate of drug-likeness (QED) is 0.639.